The molecule has 0 N–H and O–H groups in total. The summed E-state index contributed by atoms with van der Waals surface area (Å²) < 4.78 is 1.97. The van der Waals surface area contributed by atoms with Gasteiger partial charge in [-0.1, -0.05) is 6.07 Å². The molecule has 6 nitrogen and oxygen atoms in total. The van der Waals surface area contributed by atoms with Gasteiger partial charge in [0.15, 0.2) is 5.69 Å². The van der Waals surface area contributed by atoms with Crippen LogP contribution in [0.2, 0.25) is 0 Å². The van der Waals surface area contributed by atoms with Crippen LogP contribution < -0.4 is 9.80 Å². The first-order valence-corrected chi connectivity index (χ1v) is 8.83. The highest BCUT2D eigenvalue weighted by atomic mass is 15.3. The van der Waals surface area contributed by atoms with Crippen LogP contribution in [-0.4, -0.2) is 35.7 Å². The lowest BCUT2D eigenvalue weighted by Crippen LogP contribution is -2.47. The molecule has 3 aromatic rings. The SMILES string of the molecule is N#Cc1ncccc1N1CCN(c2cccc(-n3cccc3)c2C#N)CC1. The Morgan fingerprint density at radius 1 is 0.741 bits per heavy atom. The minimum absolute atomic E-state index is 0.457. The molecule has 0 atom stereocenters. The summed E-state index contributed by atoms with van der Waals surface area (Å²) in [5.74, 6) is 0. The Hall–Kier alpha value is -3.77. The maximum Gasteiger partial charge on any atom is 0.163 e. The van der Waals surface area contributed by atoms with Gasteiger partial charge >= 0.3 is 0 Å². The molecule has 0 amide bonds. The lowest BCUT2D eigenvalue weighted by molar-refractivity contribution is 0.651. The van der Waals surface area contributed by atoms with Gasteiger partial charge in [-0.3, -0.25) is 0 Å². The van der Waals surface area contributed by atoms with E-state index in [1.54, 1.807) is 6.20 Å². The van der Waals surface area contributed by atoms with Crippen molar-refractivity contribution in [2.45, 2.75) is 0 Å². The molecule has 3 heterocycles. The third-order valence-corrected chi connectivity index (χ3v) is 4.87. The molecule has 1 aliphatic rings. The number of aromatic nitrogens is 2. The highest BCUT2D eigenvalue weighted by molar-refractivity contribution is 5.68. The van der Waals surface area contributed by atoms with E-state index in [9.17, 15) is 10.5 Å². The van der Waals surface area contributed by atoms with E-state index in [-0.39, 0.29) is 0 Å². The molecule has 6 heteroatoms. The van der Waals surface area contributed by atoms with Crippen LogP contribution in [-0.2, 0) is 0 Å². The van der Waals surface area contributed by atoms with Crippen LogP contribution in [0.3, 0.4) is 0 Å². The number of nitrogens with zero attached hydrogens (tertiary/aromatic N) is 6. The number of piperazine rings is 1. The van der Waals surface area contributed by atoms with Crippen molar-refractivity contribution < 1.29 is 0 Å². The summed E-state index contributed by atoms with van der Waals surface area (Å²) in [5.41, 5.74) is 3.86. The van der Waals surface area contributed by atoms with E-state index >= 15 is 0 Å². The van der Waals surface area contributed by atoms with Gasteiger partial charge in [0, 0.05) is 44.8 Å². The van der Waals surface area contributed by atoms with Gasteiger partial charge in [-0.25, -0.2) is 4.98 Å². The van der Waals surface area contributed by atoms with Crippen molar-refractivity contribution in [2.75, 3.05) is 36.0 Å². The van der Waals surface area contributed by atoms with E-state index in [0.29, 0.717) is 11.3 Å². The normalized spacial score (nSPS) is 13.9. The fourth-order valence-corrected chi connectivity index (χ4v) is 3.54. The zero-order valence-corrected chi connectivity index (χ0v) is 14.8. The fourth-order valence-electron chi connectivity index (χ4n) is 3.54. The van der Waals surface area contributed by atoms with Gasteiger partial charge < -0.3 is 14.4 Å². The van der Waals surface area contributed by atoms with Crippen molar-refractivity contribution in [1.82, 2.24) is 9.55 Å². The Labute approximate surface area is 158 Å². The van der Waals surface area contributed by atoms with Crippen LogP contribution in [0, 0.1) is 22.7 Å². The molecule has 0 saturated carbocycles. The molecule has 0 spiro atoms. The Kier molecular flexibility index (Phi) is 4.47. The van der Waals surface area contributed by atoms with Crippen LogP contribution >= 0.6 is 0 Å². The standard InChI is InChI=1S/C21H18N6/c22-15-17-19(25-9-1-2-10-25)5-3-6-20(17)26-11-13-27(14-12-26)21-7-4-8-24-18(21)16-23/h1-10H,11-14H2. The first kappa shape index (κ1) is 16.7. The molecule has 1 aliphatic heterocycles. The second kappa shape index (κ2) is 7.23. The van der Waals surface area contributed by atoms with Crippen LogP contribution in [0.25, 0.3) is 5.69 Å². The number of rotatable bonds is 3. The molecule has 1 fully saturated rings. The van der Waals surface area contributed by atoms with E-state index in [4.69, 9.17) is 0 Å². The van der Waals surface area contributed by atoms with Gasteiger partial charge in [0.05, 0.1) is 22.6 Å². The molecule has 0 bridgehead atoms. The molecule has 132 valence electrons. The monoisotopic (exact) mass is 354 g/mol. The van der Waals surface area contributed by atoms with Gasteiger partial charge in [-0.2, -0.15) is 10.5 Å². The van der Waals surface area contributed by atoms with Crippen molar-refractivity contribution in [3.05, 3.63) is 72.3 Å². The predicted molar refractivity (Wildman–Crippen MR) is 104 cm³/mol. The summed E-state index contributed by atoms with van der Waals surface area (Å²) >= 11 is 0. The van der Waals surface area contributed by atoms with Crippen molar-refractivity contribution in [2.24, 2.45) is 0 Å². The second-order valence-electron chi connectivity index (χ2n) is 6.33. The quantitative estimate of drug-likeness (QED) is 0.723. The summed E-state index contributed by atoms with van der Waals surface area (Å²) in [4.78, 5) is 8.58. The topological polar surface area (TPSA) is 71.9 Å². The van der Waals surface area contributed by atoms with Gasteiger partial charge in [0.25, 0.3) is 0 Å². The molecule has 0 radical (unpaired) electrons. The Bertz CT molecular complexity index is 1020. The molecular weight excluding hydrogens is 336 g/mol. The third kappa shape index (κ3) is 3.09. The van der Waals surface area contributed by atoms with Crippen molar-refractivity contribution in [3.8, 4) is 17.8 Å². The van der Waals surface area contributed by atoms with Gasteiger partial charge in [-0.15, -0.1) is 0 Å². The Morgan fingerprint density at radius 2 is 1.37 bits per heavy atom. The number of hydrogen-bond donors (Lipinski definition) is 0. The lowest BCUT2D eigenvalue weighted by atomic mass is 10.1. The van der Waals surface area contributed by atoms with Crippen LogP contribution in [0.5, 0.6) is 0 Å². The number of anilines is 2. The molecule has 0 aliphatic carbocycles. The lowest BCUT2D eigenvalue weighted by Gasteiger charge is -2.38. The minimum atomic E-state index is 0.457. The fraction of sp³-hybridized carbons (Fsp3) is 0.190. The molecule has 27 heavy (non-hydrogen) atoms. The summed E-state index contributed by atoms with van der Waals surface area (Å²) in [5, 5.41) is 19.1. The van der Waals surface area contributed by atoms with E-state index in [0.717, 1.165) is 43.2 Å². The first-order valence-electron chi connectivity index (χ1n) is 8.83. The van der Waals surface area contributed by atoms with Crippen LogP contribution in [0.1, 0.15) is 11.3 Å². The van der Waals surface area contributed by atoms with Crippen molar-refractivity contribution in [3.63, 3.8) is 0 Å². The summed E-state index contributed by atoms with van der Waals surface area (Å²) in [6.07, 6.45) is 5.54. The zero-order valence-electron chi connectivity index (χ0n) is 14.8. The van der Waals surface area contributed by atoms with E-state index in [1.807, 2.05) is 59.4 Å². The molecule has 0 unspecified atom stereocenters. The number of hydrogen-bond acceptors (Lipinski definition) is 5. The maximum absolute atomic E-state index is 9.78. The number of nitriles is 2. The summed E-state index contributed by atoms with van der Waals surface area (Å²) in [7, 11) is 0. The Morgan fingerprint density at radius 3 is 2.04 bits per heavy atom. The molecule has 1 saturated heterocycles. The average molecular weight is 354 g/mol. The average Bonchev–Trinajstić information content (AvgIpc) is 3.28. The third-order valence-electron chi connectivity index (χ3n) is 4.87. The van der Waals surface area contributed by atoms with Crippen LogP contribution in [0.15, 0.2) is 61.1 Å². The van der Waals surface area contributed by atoms with E-state index in [2.05, 4.69) is 26.9 Å². The maximum atomic E-state index is 9.78. The van der Waals surface area contributed by atoms with Crippen molar-refractivity contribution in [1.29, 1.82) is 10.5 Å². The van der Waals surface area contributed by atoms with Crippen molar-refractivity contribution >= 4 is 11.4 Å². The predicted octanol–water partition coefficient (Wildman–Crippen LogP) is 2.94. The summed E-state index contributed by atoms with van der Waals surface area (Å²) in [6, 6.07) is 18.2. The van der Waals surface area contributed by atoms with E-state index in [1.165, 1.54) is 0 Å². The van der Waals surface area contributed by atoms with Crippen LogP contribution in [0.4, 0.5) is 11.4 Å². The van der Waals surface area contributed by atoms with Gasteiger partial charge in [0.1, 0.15) is 12.1 Å². The van der Waals surface area contributed by atoms with E-state index < -0.39 is 0 Å². The minimum Gasteiger partial charge on any atom is -0.367 e. The largest absolute Gasteiger partial charge is 0.367 e. The second-order valence-corrected chi connectivity index (χ2v) is 6.33. The summed E-state index contributed by atoms with van der Waals surface area (Å²) in [6.45, 7) is 3.12. The van der Waals surface area contributed by atoms with Gasteiger partial charge in [0.2, 0.25) is 0 Å². The smallest absolute Gasteiger partial charge is 0.163 e. The molecular formula is C21H18N6. The first-order chi connectivity index (χ1) is 13.3. The Balaban J connectivity index is 1.58. The van der Waals surface area contributed by atoms with Gasteiger partial charge in [-0.05, 0) is 36.4 Å². The molecule has 1 aromatic carbocycles. The number of pyridine rings is 1. The number of benzene rings is 1. The highest BCUT2D eigenvalue weighted by Gasteiger charge is 2.22. The highest BCUT2D eigenvalue weighted by Crippen LogP contribution is 2.28. The molecule has 4 rings (SSSR count). The zero-order chi connectivity index (χ0) is 18.6. The molecule has 2 aromatic heterocycles.